The Labute approximate surface area is 90.5 Å². The van der Waals surface area contributed by atoms with Gasteiger partial charge in [-0.05, 0) is 33.6 Å². The molecule has 0 saturated carbocycles. The summed E-state index contributed by atoms with van der Waals surface area (Å²) >= 11 is 0. The fourth-order valence-electron chi connectivity index (χ4n) is 1.92. The Morgan fingerprint density at radius 3 is 2.67 bits per heavy atom. The van der Waals surface area contributed by atoms with Gasteiger partial charge < -0.3 is 14.4 Å². The number of carbonyl (C=O) groups excluding carboxylic acids is 1. The first kappa shape index (κ1) is 10.7. The number of ether oxygens (including phenoxy) is 2. The third kappa shape index (κ3) is 2.62. The predicted molar refractivity (Wildman–Crippen MR) is 55.7 cm³/mol. The first-order chi connectivity index (χ1) is 6.90. The minimum absolute atomic E-state index is 0.0187. The number of hydrogen-bond acceptors (Lipinski definition) is 3. The molecule has 0 radical (unpaired) electrons. The van der Waals surface area contributed by atoms with E-state index in [1.165, 1.54) is 0 Å². The quantitative estimate of drug-likeness (QED) is 0.576. The number of amides is 1. The first-order valence-corrected chi connectivity index (χ1v) is 5.52. The molecule has 15 heavy (non-hydrogen) atoms. The Hall–Kier alpha value is -0.770. The van der Waals surface area contributed by atoms with Crippen molar-refractivity contribution in [3.63, 3.8) is 0 Å². The summed E-state index contributed by atoms with van der Waals surface area (Å²) in [5.41, 5.74) is -0.429. The van der Waals surface area contributed by atoms with Crippen LogP contribution in [0.25, 0.3) is 0 Å². The highest BCUT2D eigenvalue weighted by Gasteiger charge is 2.49. The molecule has 86 valence electrons. The fourth-order valence-corrected chi connectivity index (χ4v) is 1.92. The van der Waals surface area contributed by atoms with Crippen LogP contribution in [0.2, 0.25) is 0 Å². The van der Waals surface area contributed by atoms with Gasteiger partial charge in [-0.3, -0.25) is 0 Å². The lowest BCUT2D eigenvalue weighted by atomic mass is 9.99. The standard InChI is InChI=1S/C11H19NO3/c1-10(2,3)15-9(13)12-6-4-5-11(7-12)8-14-11/h4-8H2,1-3H3/t11-/m1/s1. The molecule has 0 aromatic carbocycles. The first-order valence-electron chi connectivity index (χ1n) is 5.52. The van der Waals surface area contributed by atoms with Gasteiger partial charge in [0, 0.05) is 6.54 Å². The van der Waals surface area contributed by atoms with Gasteiger partial charge in [-0.2, -0.15) is 0 Å². The number of hydrogen-bond donors (Lipinski definition) is 0. The lowest BCUT2D eigenvalue weighted by Gasteiger charge is -2.32. The van der Waals surface area contributed by atoms with E-state index in [0.717, 1.165) is 26.0 Å². The van der Waals surface area contributed by atoms with Crippen molar-refractivity contribution in [2.75, 3.05) is 19.7 Å². The molecule has 0 aromatic heterocycles. The number of epoxide rings is 1. The smallest absolute Gasteiger partial charge is 0.410 e. The summed E-state index contributed by atoms with van der Waals surface area (Å²) in [6, 6.07) is 0. The SMILES string of the molecule is CC(C)(C)OC(=O)N1CCC[C@]2(CO2)C1. The van der Waals surface area contributed by atoms with Crippen molar-refractivity contribution in [1.82, 2.24) is 4.90 Å². The summed E-state index contributed by atoms with van der Waals surface area (Å²) in [6.45, 7) is 7.95. The molecule has 1 atom stereocenters. The van der Waals surface area contributed by atoms with Crippen LogP contribution in [0.4, 0.5) is 4.79 Å². The van der Waals surface area contributed by atoms with Crippen LogP contribution in [0.5, 0.6) is 0 Å². The topological polar surface area (TPSA) is 42.1 Å². The Balaban J connectivity index is 1.90. The van der Waals surface area contributed by atoms with Crippen LogP contribution in [0.15, 0.2) is 0 Å². The highest BCUT2D eigenvalue weighted by Crippen LogP contribution is 2.36. The molecule has 2 aliphatic rings. The largest absolute Gasteiger partial charge is 0.444 e. The summed E-state index contributed by atoms with van der Waals surface area (Å²) < 4.78 is 10.7. The average molecular weight is 213 g/mol. The monoisotopic (exact) mass is 213 g/mol. The van der Waals surface area contributed by atoms with Crippen molar-refractivity contribution in [3.05, 3.63) is 0 Å². The molecule has 4 heteroatoms. The van der Waals surface area contributed by atoms with Crippen LogP contribution >= 0.6 is 0 Å². The van der Waals surface area contributed by atoms with Crippen LogP contribution in [-0.4, -0.2) is 41.9 Å². The van der Waals surface area contributed by atoms with Gasteiger partial charge in [0.05, 0.1) is 13.2 Å². The van der Waals surface area contributed by atoms with E-state index in [1.807, 2.05) is 20.8 Å². The average Bonchev–Trinajstić information content (AvgIpc) is 2.82. The van der Waals surface area contributed by atoms with Crippen LogP contribution < -0.4 is 0 Å². The Morgan fingerprint density at radius 1 is 1.47 bits per heavy atom. The van der Waals surface area contributed by atoms with Gasteiger partial charge in [0.25, 0.3) is 0 Å². The summed E-state index contributed by atoms with van der Waals surface area (Å²) in [6.07, 6.45) is 1.88. The Kier molecular flexibility index (Phi) is 2.41. The van der Waals surface area contributed by atoms with Crippen molar-refractivity contribution in [1.29, 1.82) is 0 Å². The lowest BCUT2D eigenvalue weighted by molar-refractivity contribution is 0.0134. The van der Waals surface area contributed by atoms with Crippen molar-refractivity contribution < 1.29 is 14.3 Å². The summed E-state index contributed by atoms with van der Waals surface area (Å²) in [5.74, 6) is 0. The molecule has 0 N–H and O–H groups in total. The molecular weight excluding hydrogens is 194 g/mol. The second kappa shape index (κ2) is 3.37. The normalized spacial score (nSPS) is 30.5. The van der Waals surface area contributed by atoms with Crippen molar-refractivity contribution in [2.24, 2.45) is 0 Å². The summed E-state index contributed by atoms with van der Waals surface area (Å²) in [7, 11) is 0. The van der Waals surface area contributed by atoms with Gasteiger partial charge in [-0.25, -0.2) is 4.79 Å². The fraction of sp³-hybridized carbons (Fsp3) is 0.909. The third-order valence-corrected chi connectivity index (χ3v) is 2.74. The molecule has 0 aromatic rings. The molecule has 1 spiro atoms. The van der Waals surface area contributed by atoms with Crippen molar-refractivity contribution in [3.8, 4) is 0 Å². The molecule has 2 fully saturated rings. The molecule has 0 aliphatic carbocycles. The number of rotatable bonds is 0. The lowest BCUT2D eigenvalue weighted by Crippen LogP contribution is -2.46. The number of piperidine rings is 1. The van der Waals surface area contributed by atoms with Crippen molar-refractivity contribution >= 4 is 6.09 Å². The predicted octanol–water partition coefficient (Wildman–Crippen LogP) is 1.79. The molecule has 2 rings (SSSR count). The second-order valence-electron chi connectivity index (χ2n) is 5.48. The number of likely N-dealkylation sites (tertiary alicyclic amines) is 1. The molecule has 2 heterocycles. The molecule has 0 bridgehead atoms. The summed E-state index contributed by atoms with van der Waals surface area (Å²) in [4.78, 5) is 13.5. The Bertz CT molecular complexity index is 265. The van der Waals surface area contributed by atoms with Crippen LogP contribution in [-0.2, 0) is 9.47 Å². The highest BCUT2D eigenvalue weighted by atomic mass is 16.6. The van der Waals surface area contributed by atoms with E-state index in [9.17, 15) is 4.79 Å². The second-order valence-corrected chi connectivity index (χ2v) is 5.48. The van der Waals surface area contributed by atoms with Crippen LogP contribution in [0, 0.1) is 0 Å². The van der Waals surface area contributed by atoms with E-state index in [1.54, 1.807) is 4.90 Å². The maximum absolute atomic E-state index is 11.8. The van der Waals surface area contributed by atoms with Crippen LogP contribution in [0.1, 0.15) is 33.6 Å². The van der Waals surface area contributed by atoms with E-state index < -0.39 is 5.60 Å². The highest BCUT2D eigenvalue weighted by molar-refractivity contribution is 5.68. The van der Waals surface area contributed by atoms with Gasteiger partial charge in [0.2, 0.25) is 0 Å². The van der Waals surface area contributed by atoms with E-state index >= 15 is 0 Å². The zero-order chi connectivity index (χ0) is 11.1. The van der Waals surface area contributed by atoms with Gasteiger partial charge >= 0.3 is 6.09 Å². The van der Waals surface area contributed by atoms with Gasteiger partial charge in [0.15, 0.2) is 0 Å². The summed E-state index contributed by atoms with van der Waals surface area (Å²) in [5, 5.41) is 0. The van der Waals surface area contributed by atoms with E-state index in [2.05, 4.69) is 0 Å². The minimum Gasteiger partial charge on any atom is -0.444 e. The molecule has 0 unspecified atom stereocenters. The maximum atomic E-state index is 11.8. The Morgan fingerprint density at radius 2 is 2.13 bits per heavy atom. The van der Waals surface area contributed by atoms with E-state index in [0.29, 0.717) is 6.54 Å². The van der Waals surface area contributed by atoms with E-state index in [-0.39, 0.29) is 11.7 Å². The molecular formula is C11H19NO3. The number of nitrogens with zero attached hydrogens (tertiary/aromatic N) is 1. The molecule has 1 amide bonds. The van der Waals surface area contributed by atoms with Gasteiger partial charge in [-0.1, -0.05) is 0 Å². The van der Waals surface area contributed by atoms with E-state index in [4.69, 9.17) is 9.47 Å². The molecule has 2 aliphatic heterocycles. The third-order valence-electron chi connectivity index (χ3n) is 2.74. The zero-order valence-corrected chi connectivity index (χ0v) is 9.71. The minimum atomic E-state index is -0.411. The maximum Gasteiger partial charge on any atom is 0.410 e. The van der Waals surface area contributed by atoms with Gasteiger partial charge in [0.1, 0.15) is 11.2 Å². The zero-order valence-electron chi connectivity index (χ0n) is 9.71. The number of carbonyl (C=O) groups is 1. The molecule has 2 saturated heterocycles. The van der Waals surface area contributed by atoms with Gasteiger partial charge in [-0.15, -0.1) is 0 Å². The molecule has 4 nitrogen and oxygen atoms in total. The van der Waals surface area contributed by atoms with Crippen molar-refractivity contribution in [2.45, 2.75) is 44.8 Å². The van der Waals surface area contributed by atoms with Crippen LogP contribution in [0.3, 0.4) is 0 Å².